The smallest absolute Gasteiger partial charge is 0.270 e. The largest absolute Gasteiger partial charge is 0.350 e. The molecule has 4 nitrogen and oxygen atoms in total. The number of carbonyl (C=O) groups excluding carboxylic acids is 1. The molecule has 2 aliphatic heterocycles. The van der Waals surface area contributed by atoms with Gasteiger partial charge in [-0.05, 0) is 62.1 Å². The summed E-state index contributed by atoms with van der Waals surface area (Å²) in [6.45, 7) is 5.62. The molecule has 1 aliphatic carbocycles. The molecule has 0 aromatic carbocycles. The molecule has 1 N–H and O–H groups in total. The summed E-state index contributed by atoms with van der Waals surface area (Å²) in [6, 6.07) is 4.08. The van der Waals surface area contributed by atoms with E-state index < -0.39 is 0 Å². The highest BCUT2D eigenvalue weighted by molar-refractivity contribution is 7.17. The van der Waals surface area contributed by atoms with Crippen molar-refractivity contribution < 1.29 is 4.79 Å². The number of hydrogen-bond donors (Lipinski definition) is 1. The Bertz CT molecular complexity index is 748. The number of nitrogens with zero attached hydrogens (tertiary/aromatic N) is 2. The fraction of sp³-hybridized carbons (Fsp3) is 0.650. The zero-order valence-corrected chi connectivity index (χ0v) is 15.6. The third-order valence-electron chi connectivity index (χ3n) is 6.68. The molecule has 3 aliphatic rings. The van der Waals surface area contributed by atoms with E-state index in [-0.39, 0.29) is 5.91 Å². The Morgan fingerprint density at radius 3 is 2.96 bits per heavy atom. The van der Waals surface area contributed by atoms with Crippen molar-refractivity contribution in [3.63, 3.8) is 0 Å². The van der Waals surface area contributed by atoms with Crippen LogP contribution in [0.25, 0.3) is 10.2 Å². The number of H-pyrrole nitrogens is 1. The second-order valence-corrected chi connectivity index (χ2v) is 9.44. The highest BCUT2D eigenvalue weighted by atomic mass is 32.1. The molecule has 134 valence electrons. The minimum absolute atomic E-state index is 0.191. The molecule has 0 unspecified atom stereocenters. The summed E-state index contributed by atoms with van der Waals surface area (Å²) in [5.41, 5.74) is 2.20. The van der Waals surface area contributed by atoms with Gasteiger partial charge in [0.05, 0.1) is 10.2 Å². The summed E-state index contributed by atoms with van der Waals surface area (Å²) in [4.78, 5) is 21.0. The highest BCUT2D eigenvalue weighted by Gasteiger charge is 2.43. The third kappa shape index (κ3) is 2.91. The molecular formula is C20H27N3OS. The fourth-order valence-electron chi connectivity index (χ4n) is 5.08. The predicted octanol–water partition coefficient (Wildman–Crippen LogP) is 3.96. The van der Waals surface area contributed by atoms with E-state index >= 15 is 0 Å². The molecule has 2 saturated heterocycles. The average Bonchev–Trinajstić information content (AvgIpc) is 3.25. The van der Waals surface area contributed by atoms with Gasteiger partial charge in [0.15, 0.2) is 0 Å². The number of likely N-dealkylation sites (tertiary alicyclic amines) is 2. The lowest BCUT2D eigenvalue weighted by atomic mass is 9.78. The molecule has 25 heavy (non-hydrogen) atoms. The molecular weight excluding hydrogens is 330 g/mol. The molecule has 0 bridgehead atoms. The minimum atomic E-state index is 0.191. The van der Waals surface area contributed by atoms with Crippen LogP contribution in [0, 0.1) is 11.3 Å². The van der Waals surface area contributed by atoms with Gasteiger partial charge in [0.2, 0.25) is 0 Å². The Morgan fingerprint density at radius 2 is 2.16 bits per heavy atom. The van der Waals surface area contributed by atoms with Crippen LogP contribution in [0.1, 0.15) is 49.0 Å². The van der Waals surface area contributed by atoms with Crippen LogP contribution in [-0.4, -0.2) is 53.4 Å². The third-order valence-corrected chi connectivity index (χ3v) is 7.54. The predicted molar refractivity (Wildman–Crippen MR) is 102 cm³/mol. The summed E-state index contributed by atoms with van der Waals surface area (Å²) >= 11 is 1.69. The maximum Gasteiger partial charge on any atom is 0.270 e. The van der Waals surface area contributed by atoms with Crippen LogP contribution in [0.4, 0.5) is 0 Å². The van der Waals surface area contributed by atoms with Crippen LogP contribution in [0.2, 0.25) is 0 Å². The summed E-state index contributed by atoms with van der Waals surface area (Å²) < 4.78 is 1.18. The Morgan fingerprint density at radius 1 is 1.24 bits per heavy atom. The number of amides is 1. The van der Waals surface area contributed by atoms with Crippen LogP contribution < -0.4 is 0 Å². The van der Waals surface area contributed by atoms with E-state index in [0.717, 1.165) is 30.2 Å². The number of aromatic nitrogens is 1. The molecule has 0 radical (unpaired) electrons. The van der Waals surface area contributed by atoms with Gasteiger partial charge in [-0.3, -0.25) is 4.79 Å². The van der Waals surface area contributed by atoms with Gasteiger partial charge in [-0.15, -0.1) is 11.3 Å². The van der Waals surface area contributed by atoms with E-state index in [1.54, 1.807) is 11.3 Å². The summed E-state index contributed by atoms with van der Waals surface area (Å²) in [6.07, 6.45) is 8.05. The summed E-state index contributed by atoms with van der Waals surface area (Å²) in [5.74, 6) is 1.14. The van der Waals surface area contributed by atoms with Crippen molar-refractivity contribution in [2.45, 2.75) is 38.5 Å². The van der Waals surface area contributed by atoms with Gasteiger partial charge in [-0.25, -0.2) is 0 Å². The number of fused-ring (bicyclic) bond motifs is 1. The molecule has 5 rings (SSSR count). The molecule has 1 amide bonds. The molecule has 2 aromatic rings. The number of nitrogens with one attached hydrogen (secondary N) is 1. The van der Waals surface area contributed by atoms with Gasteiger partial charge in [-0.1, -0.05) is 6.42 Å². The lowest BCUT2D eigenvalue weighted by molar-refractivity contribution is 0.0592. The van der Waals surface area contributed by atoms with Crippen molar-refractivity contribution in [1.82, 2.24) is 14.8 Å². The van der Waals surface area contributed by atoms with Crippen molar-refractivity contribution in [3.05, 3.63) is 23.2 Å². The van der Waals surface area contributed by atoms with Gasteiger partial charge in [0.1, 0.15) is 5.69 Å². The lowest BCUT2D eigenvalue weighted by Gasteiger charge is -2.43. The first-order chi connectivity index (χ1) is 12.2. The SMILES string of the molecule is O=C(c1cc2sccc2[nH]1)N1CC[C@]2(CCCN(CC3CCC3)C2)C1. The topological polar surface area (TPSA) is 39.3 Å². The normalized spacial score (nSPS) is 28.1. The molecule has 1 saturated carbocycles. The number of carbonyl (C=O) groups is 1. The first-order valence-electron chi connectivity index (χ1n) is 9.79. The maximum absolute atomic E-state index is 12.9. The lowest BCUT2D eigenvalue weighted by Crippen LogP contribution is -2.47. The van der Waals surface area contributed by atoms with Crippen LogP contribution in [0.15, 0.2) is 17.5 Å². The zero-order chi connectivity index (χ0) is 16.9. The van der Waals surface area contributed by atoms with Gasteiger partial charge >= 0.3 is 0 Å². The number of thiophene rings is 1. The van der Waals surface area contributed by atoms with E-state index in [1.807, 2.05) is 6.07 Å². The number of aromatic amines is 1. The molecule has 5 heteroatoms. The van der Waals surface area contributed by atoms with E-state index in [2.05, 4.69) is 26.2 Å². The Balaban J connectivity index is 1.26. The summed E-state index contributed by atoms with van der Waals surface area (Å²) in [7, 11) is 0. The zero-order valence-electron chi connectivity index (χ0n) is 14.8. The minimum Gasteiger partial charge on any atom is -0.350 e. The van der Waals surface area contributed by atoms with Crippen LogP contribution in [0.5, 0.6) is 0 Å². The first kappa shape index (κ1) is 15.9. The van der Waals surface area contributed by atoms with E-state index in [1.165, 1.54) is 62.9 Å². The second kappa shape index (κ2) is 6.13. The quantitative estimate of drug-likeness (QED) is 0.903. The molecule has 1 spiro atoms. The Hall–Kier alpha value is -1.33. The second-order valence-electron chi connectivity index (χ2n) is 8.49. The van der Waals surface area contributed by atoms with Crippen LogP contribution in [-0.2, 0) is 0 Å². The number of hydrogen-bond acceptors (Lipinski definition) is 3. The van der Waals surface area contributed by atoms with Crippen LogP contribution >= 0.6 is 11.3 Å². The fourth-order valence-corrected chi connectivity index (χ4v) is 5.86. The van der Waals surface area contributed by atoms with E-state index in [4.69, 9.17) is 0 Å². The molecule has 3 fully saturated rings. The van der Waals surface area contributed by atoms with Gasteiger partial charge in [0, 0.05) is 31.6 Å². The van der Waals surface area contributed by atoms with Crippen molar-refractivity contribution in [1.29, 1.82) is 0 Å². The highest BCUT2D eigenvalue weighted by Crippen LogP contribution is 2.40. The van der Waals surface area contributed by atoms with Gasteiger partial charge in [-0.2, -0.15) is 0 Å². The monoisotopic (exact) mass is 357 g/mol. The van der Waals surface area contributed by atoms with E-state index in [0.29, 0.717) is 5.41 Å². The maximum atomic E-state index is 12.9. The molecule has 1 atom stereocenters. The van der Waals surface area contributed by atoms with E-state index in [9.17, 15) is 4.79 Å². The Kier molecular flexibility index (Phi) is 3.90. The van der Waals surface area contributed by atoms with Crippen molar-refractivity contribution in [3.8, 4) is 0 Å². The van der Waals surface area contributed by atoms with Crippen molar-refractivity contribution in [2.75, 3.05) is 32.7 Å². The molecule has 2 aromatic heterocycles. The number of rotatable bonds is 3. The standard InChI is InChI=1S/C20H27N3OS/c24-19(17-11-18-16(21-17)5-10-25-18)23-9-7-20(14-23)6-2-8-22(13-20)12-15-3-1-4-15/h5,10-11,15,21H,1-4,6-9,12-14H2/t20-/m0/s1. The van der Waals surface area contributed by atoms with Crippen LogP contribution in [0.3, 0.4) is 0 Å². The Labute approximate surface area is 153 Å². The van der Waals surface area contributed by atoms with Crippen molar-refractivity contribution in [2.24, 2.45) is 11.3 Å². The average molecular weight is 358 g/mol. The van der Waals surface area contributed by atoms with Crippen molar-refractivity contribution >= 4 is 27.5 Å². The summed E-state index contributed by atoms with van der Waals surface area (Å²) in [5, 5.41) is 2.07. The first-order valence-corrected chi connectivity index (χ1v) is 10.7. The van der Waals surface area contributed by atoms with Gasteiger partial charge in [0.25, 0.3) is 5.91 Å². The number of piperidine rings is 1. The van der Waals surface area contributed by atoms with Gasteiger partial charge < -0.3 is 14.8 Å². The molecule has 4 heterocycles.